The molecule has 3 aromatic rings. The largest absolute Gasteiger partial charge is 0.463 e. The number of thiazole rings is 1. The number of fused-ring (bicyclic) bond motifs is 2. The Labute approximate surface area is 209 Å². The minimum Gasteiger partial charge on any atom is -0.463 e. The number of amides is 2. The zero-order valence-corrected chi connectivity index (χ0v) is 20.4. The van der Waals surface area contributed by atoms with Crippen molar-refractivity contribution in [2.24, 2.45) is 10.7 Å². The van der Waals surface area contributed by atoms with Gasteiger partial charge in [-0.25, -0.2) is 9.79 Å². The van der Waals surface area contributed by atoms with Gasteiger partial charge in [0.1, 0.15) is 11.1 Å². The van der Waals surface area contributed by atoms with E-state index < -0.39 is 29.4 Å². The first-order chi connectivity index (χ1) is 17.3. The number of rotatable bonds is 5. The van der Waals surface area contributed by atoms with Crippen molar-refractivity contribution in [1.29, 1.82) is 0 Å². The summed E-state index contributed by atoms with van der Waals surface area (Å²) in [5.41, 5.74) is 7.56. The third-order valence-corrected chi connectivity index (χ3v) is 7.13. The van der Waals surface area contributed by atoms with E-state index in [-0.39, 0.29) is 28.8 Å². The van der Waals surface area contributed by atoms with Gasteiger partial charge in [-0.1, -0.05) is 59.9 Å². The summed E-state index contributed by atoms with van der Waals surface area (Å²) in [5.74, 6) is -1.71. The highest BCUT2D eigenvalue weighted by Gasteiger charge is 2.37. The van der Waals surface area contributed by atoms with Crippen LogP contribution in [0.4, 0.5) is 5.69 Å². The number of hydrogen-bond donors (Lipinski definition) is 1. The van der Waals surface area contributed by atoms with Gasteiger partial charge >= 0.3 is 5.97 Å². The van der Waals surface area contributed by atoms with Crippen molar-refractivity contribution >= 4 is 40.4 Å². The highest BCUT2D eigenvalue weighted by molar-refractivity contribution is 7.07. The molecule has 0 bridgehead atoms. The number of nitrogens with zero attached hydrogens (tertiary/aromatic N) is 3. The molecule has 0 aliphatic carbocycles. The molecule has 0 radical (unpaired) electrons. The van der Waals surface area contributed by atoms with E-state index in [9.17, 15) is 19.2 Å². The highest BCUT2D eigenvalue weighted by atomic mass is 32.1. The lowest BCUT2D eigenvalue weighted by molar-refractivity contribution is -0.139. The number of aromatic nitrogens is 1. The minimum absolute atomic E-state index is 0.173. The molecule has 2 amide bonds. The molecular formula is C26H22N4O5S. The van der Waals surface area contributed by atoms with Gasteiger partial charge in [0.05, 0.1) is 35.2 Å². The standard InChI is InChI=1S/C26H22N4O5S/c1-3-35-25(34)19-14(2)28-26-30(21(19)15-9-5-4-6-10-15)24(33)22(36-26)20-16-11-7-8-12-17(16)29(23(20)32)13-18(27)31/h4-12,21H,3,13H2,1-2H3,(H2,27,31)/b22-20-/t21-/m1/s1. The molecule has 0 saturated heterocycles. The Morgan fingerprint density at radius 2 is 1.78 bits per heavy atom. The smallest absolute Gasteiger partial charge is 0.338 e. The van der Waals surface area contributed by atoms with Crippen LogP contribution in [0, 0.1) is 0 Å². The number of para-hydroxylation sites is 1. The predicted molar refractivity (Wildman–Crippen MR) is 134 cm³/mol. The third-order valence-electron chi connectivity index (χ3n) is 6.07. The molecule has 1 aromatic heterocycles. The predicted octanol–water partition coefficient (Wildman–Crippen LogP) is 1.00. The van der Waals surface area contributed by atoms with Crippen molar-refractivity contribution in [3.05, 3.63) is 96.7 Å². The summed E-state index contributed by atoms with van der Waals surface area (Å²) >= 11 is 1.07. The molecule has 10 heteroatoms. The van der Waals surface area contributed by atoms with Gasteiger partial charge in [0.25, 0.3) is 11.5 Å². The number of carbonyl (C=O) groups is 3. The van der Waals surface area contributed by atoms with Gasteiger partial charge in [0, 0.05) is 5.56 Å². The Morgan fingerprint density at radius 1 is 1.08 bits per heavy atom. The molecular weight excluding hydrogens is 480 g/mol. The molecule has 182 valence electrons. The second-order valence-electron chi connectivity index (χ2n) is 8.28. The Kier molecular flexibility index (Phi) is 5.89. The molecule has 2 aromatic carbocycles. The minimum atomic E-state index is -0.774. The topological polar surface area (TPSA) is 124 Å². The number of primary amides is 1. The maximum Gasteiger partial charge on any atom is 0.338 e. The van der Waals surface area contributed by atoms with Crippen molar-refractivity contribution in [3.8, 4) is 0 Å². The molecule has 36 heavy (non-hydrogen) atoms. The first-order valence-corrected chi connectivity index (χ1v) is 12.1. The fourth-order valence-corrected chi connectivity index (χ4v) is 5.74. The van der Waals surface area contributed by atoms with E-state index in [1.807, 2.05) is 30.3 Å². The quantitative estimate of drug-likeness (QED) is 0.522. The summed E-state index contributed by atoms with van der Waals surface area (Å²) in [6.07, 6.45) is 0. The molecule has 0 spiro atoms. The molecule has 9 nitrogen and oxygen atoms in total. The number of ether oxygens (including phenoxy) is 1. The summed E-state index contributed by atoms with van der Waals surface area (Å²) in [5, 5.41) is 0. The van der Waals surface area contributed by atoms with Crippen LogP contribution in [0.25, 0.3) is 5.57 Å². The normalized spacial score (nSPS) is 18.0. The van der Waals surface area contributed by atoms with Gasteiger partial charge in [-0.05, 0) is 25.5 Å². The number of hydrogen-bond acceptors (Lipinski definition) is 7. The van der Waals surface area contributed by atoms with Crippen molar-refractivity contribution in [2.45, 2.75) is 19.9 Å². The first kappa shape index (κ1) is 23.4. The fourth-order valence-electron chi connectivity index (χ4n) is 4.60. The highest BCUT2D eigenvalue weighted by Crippen LogP contribution is 2.35. The van der Waals surface area contributed by atoms with Crippen LogP contribution in [0.15, 0.2) is 75.7 Å². The Morgan fingerprint density at radius 3 is 2.47 bits per heavy atom. The lowest BCUT2D eigenvalue weighted by atomic mass is 9.96. The van der Waals surface area contributed by atoms with E-state index in [2.05, 4.69) is 4.99 Å². The molecule has 2 aliphatic heterocycles. The lowest BCUT2D eigenvalue weighted by Gasteiger charge is -2.24. The van der Waals surface area contributed by atoms with Crippen LogP contribution in [0.2, 0.25) is 0 Å². The molecule has 0 unspecified atom stereocenters. The monoisotopic (exact) mass is 502 g/mol. The summed E-state index contributed by atoms with van der Waals surface area (Å²) in [4.78, 5) is 58.2. The molecule has 3 heterocycles. The van der Waals surface area contributed by atoms with Gasteiger partial charge in [0.15, 0.2) is 4.80 Å². The number of benzene rings is 2. The van der Waals surface area contributed by atoms with E-state index in [4.69, 9.17) is 10.5 Å². The summed E-state index contributed by atoms with van der Waals surface area (Å²) in [6.45, 7) is 3.28. The summed E-state index contributed by atoms with van der Waals surface area (Å²) in [6, 6.07) is 15.3. The number of allylic oxidation sites excluding steroid dienone is 1. The van der Waals surface area contributed by atoms with Crippen LogP contribution in [-0.2, 0) is 19.1 Å². The van der Waals surface area contributed by atoms with Crippen molar-refractivity contribution in [3.63, 3.8) is 0 Å². The van der Waals surface area contributed by atoms with E-state index in [1.165, 1.54) is 9.47 Å². The van der Waals surface area contributed by atoms with E-state index in [0.717, 1.165) is 11.3 Å². The molecule has 2 aliphatic rings. The van der Waals surface area contributed by atoms with Gasteiger partial charge in [0.2, 0.25) is 5.91 Å². The van der Waals surface area contributed by atoms with E-state index >= 15 is 0 Å². The average Bonchev–Trinajstić information content (AvgIpc) is 3.31. The maximum absolute atomic E-state index is 14.0. The van der Waals surface area contributed by atoms with Gasteiger partial charge < -0.3 is 10.5 Å². The van der Waals surface area contributed by atoms with Crippen molar-refractivity contribution in [2.75, 3.05) is 18.1 Å². The molecule has 1 atom stereocenters. The molecule has 0 saturated carbocycles. The van der Waals surface area contributed by atoms with Gasteiger partial charge in [-0.2, -0.15) is 0 Å². The van der Waals surface area contributed by atoms with Crippen LogP contribution in [0.1, 0.15) is 31.0 Å². The van der Waals surface area contributed by atoms with Crippen molar-refractivity contribution in [1.82, 2.24) is 4.57 Å². The molecule has 2 N–H and O–H groups in total. The van der Waals surface area contributed by atoms with Gasteiger partial charge in [-0.3, -0.25) is 23.9 Å². The summed E-state index contributed by atoms with van der Waals surface area (Å²) in [7, 11) is 0. The SMILES string of the molecule is CCOC(=O)C1=C(C)N=c2s/c(=C3\C(=O)N(CC(N)=O)c4ccccc43)c(=O)n2[C@@H]1c1ccccc1. The zero-order chi connectivity index (χ0) is 25.6. The van der Waals surface area contributed by atoms with Crippen molar-refractivity contribution < 1.29 is 19.1 Å². The Hall–Kier alpha value is -4.31. The zero-order valence-electron chi connectivity index (χ0n) is 19.6. The van der Waals surface area contributed by atoms with Crippen LogP contribution in [-0.4, -0.2) is 35.5 Å². The molecule has 0 fully saturated rings. The Bertz CT molecular complexity index is 1630. The first-order valence-electron chi connectivity index (χ1n) is 11.3. The molecule has 5 rings (SSSR count). The maximum atomic E-state index is 14.0. The second kappa shape index (κ2) is 9.04. The fraction of sp³-hybridized carbons (Fsp3) is 0.192. The van der Waals surface area contributed by atoms with E-state index in [1.54, 1.807) is 38.1 Å². The average molecular weight is 503 g/mol. The van der Waals surface area contributed by atoms with E-state index in [0.29, 0.717) is 27.3 Å². The second-order valence-corrected chi connectivity index (χ2v) is 9.26. The van der Waals surface area contributed by atoms with Crippen LogP contribution in [0.5, 0.6) is 0 Å². The van der Waals surface area contributed by atoms with Crippen LogP contribution < -0.4 is 25.5 Å². The lowest BCUT2D eigenvalue weighted by Crippen LogP contribution is -2.41. The van der Waals surface area contributed by atoms with Crippen LogP contribution >= 0.6 is 11.3 Å². The van der Waals surface area contributed by atoms with Gasteiger partial charge in [-0.15, -0.1) is 0 Å². The number of carbonyl (C=O) groups excluding carboxylic acids is 3. The number of nitrogens with two attached hydrogens (primary N) is 1. The summed E-state index contributed by atoms with van der Waals surface area (Å²) < 4.78 is 6.92. The number of esters is 1. The number of anilines is 1. The Balaban J connectivity index is 1.81. The van der Waals surface area contributed by atoms with Crippen LogP contribution in [0.3, 0.4) is 0 Å². The third kappa shape index (κ3) is 3.66.